The molecule has 1 aromatic heterocycles. The number of rotatable bonds is 4. The summed E-state index contributed by atoms with van der Waals surface area (Å²) in [6.07, 6.45) is 3.19. The maximum absolute atomic E-state index is 12.9. The summed E-state index contributed by atoms with van der Waals surface area (Å²) in [6, 6.07) is 10.3. The summed E-state index contributed by atoms with van der Waals surface area (Å²) < 4.78 is 1.59. The molecule has 0 unspecified atom stereocenters. The van der Waals surface area contributed by atoms with E-state index in [1.54, 1.807) is 41.1 Å². The lowest BCUT2D eigenvalue weighted by Gasteiger charge is -2.26. The van der Waals surface area contributed by atoms with Crippen molar-refractivity contribution < 1.29 is 4.79 Å². The van der Waals surface area contributed by atoms with Gasteiger partial charge in [0.1, 0.15) is 12.2 Å². The molecule has 0 atom stereocenters. The average molecular weight is 484 g/mol. The standard InChI is InChI=1S/C21H18Cl4N4O/c22-15-6-13(7-16(23)10-15)20-21(14-8-17(24)11-18(25)9-14)29(27-26-20)12-19(30)28-4-2-1-3-5-28/h6-11H,1-5,12H2. The summed E-state index contributed by atoms with van der Waals surface area (Å²) in [5.41, 5.74) is 2.57. The molecule has 1 saturated heterocycles. The van der Waals surface area contributed by atoms with Gasteiger partial charge in [-0.2, -0.15) is 0 Å². The fraction of sp³-hybridized carbons (Fsp3) is 0.286. The number of hydrogen-bond donors (Lipinski definition) is 0. The first-order chi connectivity index (χ1) is 14.4. The number of carbonyl (C=O) groups is 1. The van der Waals surface area contributed by atoms with Crippen LogP contribution in [0.3, 0.4) is 0 Å². The smallest absolute Gasteiger partial charge is 0.244 e. The first-order valence-corrected chi connectivity index (χ1v) is 11.1. The normalized spacial score (nSPS) is 14.2. The van der Waals surface area contributed by atoms with Crippen LogP contribution in [0.4, 0.5) is 0 Å². The number of likely N-dealkylation sites (tertiary alicyclic amines) is 1. The molecule has 2 aromatic carbocycles. The van der Waals surface area contributed by atoms with E-state index in [1.807, 2.05) is 4.90 Å². The van der Waals surface area contributed by atoms with E-state index in [0.717, 1.165) is 32.4 Å². The van der Waals surface area contributed by atoms with E-state index < -0.39 is 0 Å². The van der Waals surface area contributed by atoms with Gasteiger partial charge in [0.2, 0.25) is 5.91 Å². The first-order valence-electron chi connectivity index (χ1n) is 9.55. The van der Waals surface area contributed by atoms with E-state index in [-0.39, 0.29) is 12.5 Å². The maximum atomic E-state index is 12.9. The van der Waals surface area contributed by atoms with Gasteiger partial charge in [-0.05, 0) is 55.7 Å². The predicted octanol–water partition coefficient (Wildman–Crippen LogP) is 6.24. The second-order valence-electron chi connectivity index (χ2n) is 7.20. The molecule has 4 rings (SSSR count). The molecule has 0 N–H and O–H groups in total. The number of nitrogens with zero attached hydrogens (tertiary/aromatic N) is 4. The zero-order chi connectivity index (χ0) is 21.3. The van der Waals surface area contributed by atoms with Crippen LogP contribution in [0, 0.1) is 0 Å². The van der Waals surface area contributed by atoms with Crippen LogP contribution in [-0.2, 0) is 11.3 Å². The van der Waals surface area contributed by atoms with Crippen molar-refractivity contribution in [2.45, 2.75) is 25.8 Å². The van der Waals surface area contributed by atoms with Gasteiger partial charge in [0.15, 0.2) is 0 Å². The molecule has 1 aliphatic rings. The van der Waals surface area contributed by atoms with E-state index in [0.29, 0.717) is 42.6 Å². The lowest BCUT2D eigenvalue weighted by Crippen LogP contribution is -2.38. The van der Waals surface area contributed by atoms with Crippen LogP contribution in [0.15, 0.2) is 36.4 Å². The number of hydrogen-bond acceptors (Lipinski definition) is 3. The fourth-order valence-electron chi connectivity index (χ4n) is 3.66. The zero-order valence-corrected chi connectivity index (χ0v) is 18.9. The molecule has 3 aromatic rings. The third kappa shape index (κ3) is 4.75. The molecule has 9 heteroatoms. The van der Waals surface area contributed by atoms with Crippen molar-refractivity contribution in [3.8, 4) is 22.5 Å². The molecule has 0 spiro atoms. The summed E-state index contributed by atoms with van der Waals surface area (Å²) in [4.78, 5) is 14.8. The van der Waals surface area contributed by atoms with Crippen molar-refractivity contribution in [3.63, 3.8) is 0 Å². The number of halogens is 4. The highest BCUT2D eigenvalue weighted by Gasteiger charge is 2.23. The van der Waals surface area contributed by atoms with Crippen LogP contribution >= 0.6 is 46.4 Å². The lowest BCUT2D eigenvalue weighted by atomic mass is 10.0. The molecule has 2 heterocycles. The molecule has 0 bridgehead atoms. The summed E-state index contributed by atoms with van der Waals surface area (Å²) in [6.45, 7) is 1.60. The molecular formula is C21H18Cl4N4O. The highest BCUT2D eigenvalue weighted by molar-refractivity contribution is 6.35. The van der Waals surface area contributed by atoms with Gasteiger partial charge in [-0.25, -0.2) is 4.68 Å². The second-order valence-corrected chi connectivity index (χ2v) is 8.95. The monoisotopic (exact) mass is 482 g/mol. The van der Waals surface area contributed by atoms with Gasteiger partial charge in [0.25, 0.3) is 0 Å². The van der Waals surface area contributed by atoms with Crippen molar-refractivity contribution >= 4 is 52.3 Å². The minimum absolute atomic E-state index is 0.00431. The Morgan fingerprint density at radius 2 is 1.33 bits per heavy atom. The van der Waals surface area contributed by atoms with Gasteiger partial charge in [0.05, 0.1) is 5.69 Å². The van der Waals surface area contributed by atoms with Crippen LogP contribution < -0.4 is 0 Å². The molecule has 1 amide bonds. The molecule has 0 radical (unpaired) electrons. The van der Waals surface area contributed by atoms with Gasteiger partial charge >= 0.3 is 0 Å². The third-order valence-electron chi connectivity index (χ3n) is 5.00. The Balaban J connectivity index is 1.80. The Morgan fingerprint density at radius 3 is 1.90 bits per heavy atom. The largest absolute Gasteiger partial charge is 0.341 e. The maximum Gasteiger partial charge on any atom is 0.244 e. The molecule has 5 nitrogen and oxygen atoms in total. The molecule has 1 aliphatic heterocycles. The van der Waals surface area contributed by atoms with Crippen molar-refractivity contribution in [1.82, 2.24) is 19.9 Å². The fourth-order valence-corrected chi connectivity index (χ4v) is 4.71. The predicted molar refractivity (Wildman–Crippen MR) is 121 cm³/mol. The van der Waals surface area contributed by atoms with Crippen molar-refractivity contribution in [2.75, 3.05) is 13.1 Å². The minimum atomic E-state index is 0.00431. The van der Waals surface area contributed by atoms with E-state index in [1.165, 1.54) is 0 Å². The van der Waals surface area contributed by atoms with Crippen molar-refractivity contribution in [2.24, 2.45) is 0 Å². The molecule has 0 saturated carbocycles. The lowest BCUT2D eigenvalue weighted by molar-refractivity contribution is -0.132. The molecule has 1 fully saturated rings. The van der Waals surface area contributed by atoms with Crippen LogP contribution in [0.1, 0.15) is 19.3 Å². The number of benzene rings is 2. The topological polar surface area (TPSA) is 51.0 Å². The van der Waals surface area contributed by atoms with E-state index >= 15 is 0 Å². The van der Waals surface area contributed by atoms with E-state index in [9.17, 15) is 4.79 Å². The van der Waals surface area contributed by atoms with Crippen molar-refractivity contribution in [3.05, 3.63) is 56.5 Å². The molecule has 0 aliphatic carbocycles. The second kappa shape index (κ2) is 9.15. The average Bonchev–Trinajstić information content (AvgIpc) is 3.11. The Kier molecular flexibility index (Phi) is 6.54. The van der Waals surface area contributed by atoms with E-state index in [4.69, 9.17) is 46.4 Å². The quantitative estimate of drug-likeness (QED) is 0.441. The highest BCUT2D eigenvalue weighted by Crippen LogP contribution is 2.35. The Hall–Kier alpha value is -1.79. The summed E-state index contributed by atoms with van der Waals surface area (Å²) in [7, 11) is 0. The zero-order valence-electron chi connectivity index (χ0n) is 15.9. The van der Waals surface area contributed by atoms with Gasteiger partial charge in [-0.3, -0.25) is 4.79 Å². The summed E-state index contributed by atoms with van der Waals surface area (Å²) >= 11 is 24.9. The molecular weight excluding hydrogens is 466 g/mol. The third-order valence-corrected chi connectivity index (χ3v) is 5.87. The highest BCUT2D eigenvalue weighted by atomic mass is 35.5. The molecule has 156 valence electrons. The van der Waals surface area contributed by atoms with E-state index in [2.05, 4.69) is 10.3 Å². The number of aromatic nitrogens is 3. The minimum Gasteiger partial charge on any atom is -0.341 e. The Labute approximate surface area is 194 Å². The van der Waals surface area contributed by atoms with Gasteiger partial charge in [0, 0.05) is 44.3 Å². The summed E-state index contributed by atoms with van der Waals surface area (Å²) in [5.74, 6) is 0.00431. The van der Waals surface area contributed by atoms with Crippen LogP contribution in [-0.4, -0.2) is 38.9 Å². The number of carbonyl (C=O) groups excluding carboxylic acids is 1. The van der Waals surface area contributed by atoms with Crippen molar-refractivity contribution in [1.29, 1.82) is 0 Å². The number of piperidine rings is 1. The van der Waals surface area contributed by atoms with Crippen LogP contribution in [0.25, 0.3) is 22.5 Å². The Bertz CT molecular complexity index is 1050. The molecule has 30 heavy (non-hydrogen) atoms. The Morgan fingerprint density at radius 1 is 0.800 bits per heavy atom. The first kappa shape index (κ1) is 21.4. The van der Waals surface area contributed by atoms with Gasteiger partial charge in [-0.1, -0.05) is 51.6 Å². The van der Waals surface area contributed by atoms with Crippen LogP contribution in [0.2, 0.25) is 20.1 Å². The van der Waals surface area contributed by atoms with Gasteiger partial charge in [-0.15, -0.1) is 5.10 Å². The van der Waals surface area contributed by atoms with Crippen LogP contribution in [0.5, 0.6) is 0 Å². The number of amides is 1. The van der Waals surface area contributed by atoms with Gasteiger partial charge < -0.3 is 4.90 Å². The summed E-state index contributed by atoms with van der Waals surface area (Å²) in [5, 5.41) is 10.5. The SMILES string of the molecule is O=C(Cn1nnc(-c2cc(Cl)cc(Cl)c2)c1-c1cc(Cl)cc(Cl)c1)N1CCCCC1.